The summed E-state index contributed by atoms with van der Waals surface area (Å²) in [6.45, 7) is 2.31. The summed E-state index contributed by atoms with van der Waals surface area (Å²) in [5, 5.41) is 10.3. The van der Waals surface area contributed by atoms with E-state index in [-0.39, 0.29) is 17.4 Å². The average Bonchev–Trinajstić information content (AvgIpc) is 3.18. The molecule has 4 saturated carbocycles. The fourth-order valence-electron chi connectivity index (χ4n) is 7.47. The summed E-state index contributed by atoms with van der Waals surface area (Å²) in [6.07, 6.45) is 12.6. The van der Waals surface area contributed by atoms with Crippen molar-refractivity contribution in [3.05, 3.63) is 11.8 Å². The van der Waals surface area contributed by atoms with Crippen molar-refractivity contribution < 1.29 is 14.3 Å². The van der Waals surface area contributed by atoms with Crippen molar-refractivity contribution in [2.24, 2.45) is 11.3 Å². The van der Waals surface area contributed by atoms with Crippen LogP contribution >= 0.6 is 0 Å². The number of amides is 2. The Morgan fingerprint density at radius 3 is 2.37 bits per heavy atom. The van der Waals surface area contributed by atoms with Crippen molar-refractivity contribution in [3.8, 4) is 0 Å². The quantitative estimate of drug-likeness (QED) is 0.553. The van der Waals surface area contributed by atoms with Gasteiger partial charge in [-0.2, -0.15) is 4.98 Å². The first-order valence-electron chi connectivity index (χ1n) is 13.6. The fourth-order valence-corrected chi connectivity index (χ4v) is 7.47. The van der Waals surface area contributed by atoms with E-state index < -0.39 is 5.41 Å². The molecule has 35 heavy (non-hydrogen) atoms. The molecule has 1 spiro atoms. The highest BCUT2D eigenvalue weighted by molar-refractivity contribution is 6.15. The predicted octanol–water partition coefficient (Wildman–Crippen LogP) is 1.92. The third-order valence-corrected chi connectivity index (χ3v) is 9.66. The Kier molecular flexibility index (Phi) is 5.10. The molecule has 1 aromatic rings. The highest BCUT2D eigenvalue weighted by Crippen LogP contribution is 2.63. The van der Waals surface area contributed by atoms with E-state index in [1.54, 1.807) is 0 Å². The molecule has 4 aliphatic carbocycles. The maximum absolute atomic E-state index is 13.9. The number of hydrogen-bond acceptors (Lipinski definition) is 7. The third-order valence-electron chi connectivity index (χ3n) is 9.66. The second kappa shape index (κ2) is 8.13. The molecule has 2 saturated heterocycles. The zero-order valence-corrected chi connectivity index (χ0v) is 20.4. The van der Waals surface area contributed by atoms with E-state index in [1.165, 1.54) is 0 Å². The number of fused-ring (bicyclic) bond motifs is 1. The van der Waals surface area contributed by atoms with Crippen molar-refractivity contribution >= 4 is 23.6 Å². The average molecular weight is 481 g/mol. The van der Waals surface area contributed by atoms with Gasteiger partial charge in [0.2, 0.25) is 17.8 Å². The summed E-state index contributed by atoms with van der Waals surface area (Å²) < 4.78 is 5.48. The van der Waals surface area contributed by atoms with E-state index in [2.05, 4.69) is 20.9 Å². The lowest BCUT2D eigenvalue weighted by molar-refractivity contribution is -0.144. The van der Waals surface area contributed by atoms with Gasteiger partial charge in [0, 0.05) is 56.1 Å². The van der Waals surface area contributed by atoms with Gasteiger partial charge in [0.05, 0.1) is 5.54 Å². The molecule has 2 amide bonds. The first kappa shape index (κ1) is 22.0. The molecular formula is C26H36N6O3. The highest BCUT2D eigenvalue weighted by Gasteiger charge is 2.67. The summed E-state index contributed by atoms with van der Waals surface area (Å²) in [7, 11) is 0. The van der Waals surface area contributed by atoms with Crippen LogP contribution in [0.25, 0.3) is 0 Å². The SMILES string of the molecule is O=C1NCC[C@@]12Cc1cnc(NC3CCC(NC4CCOCC4)CC3)nc1N(C13CC(C1)C3)C2=O. The molecule has 9 nitrogen and oxygen atoms in total. The van der Waals surface area contributed by atoms with Crippen LogP contribution in [-0.2, 0) is 20.7 Å². The van der Waals surface area contributed by atoms with E-state index in [4.69, 9.17) is 9.72 Å². The Bertz CT molecular complexity index is 1020. The second-order valence-corrected chi connectivity index (χ2v) is 11.9. The summed E-state index contributed by atoms with van der Waals surface area (Å²) in [6, 6.07) is 1.51. The number of anilines is 2. The number of ether oxygens (including phenoxy) is 1. The lowest BCUT2D eigenvalue weighted by Gasteiger charge is -2.67. The van der Waals surface area contributed by atoms with Crippen LogP contribution in [0.15, 0.2) is 6.20 Å². The van der Waals surface area contributed by atoms with Gasteiger partial charge < -0.3 is 20.7 Å². The number of aromatic nitrogens is 2. The molecule has 3 aliphatic heterocycles. The molecule has 0 aromatic carbocycles. The van der Waals surface area contributed by atoms with Gasteiger partial charge in [-0.3, -0.25) is 14.5 Å². The maximum atomic E-state index is 13.9. The minimum absolute atomic E-state index is 0.0394. The van der Waals surface area contributed by atoms with Gasteiger partial charge >= 0.3 is 0 Å². The molecule has 1 atom stereocenters. The lowest BCUT2D eigenvalue weighted by Crippen LogP contribution is -2.73. The highest BCUT2D eigenvalue weighted by atomic mass is 16.5. The van der Waals surface area contributed by atoms with Crippen LogP contribution in [0.5, 0.6) is 0 Å². The largest absolute Gasteiger partial charge is 0.381 e. The fraction of sp³-hybridized carbons (Fsp3) is 0.769. The number of hydrogen-bond donors (Lipinski definition) is 3. The van der Waals surface area contributed by atoms with Gasteiger partial charge in [-0.05, 0) is 70.1 Å². The molecule has 0 unspecified atom stereocenters. The zero-order valence-electron chi connectivity index (χ0n) is 20.4. The Hall–Kier alpha value is -2.26. The molecule has 4 heterocycles. The van der Waals surface area contributed by atoms with Crippen LogP contribution < -0.4 is 20.9 Å². The van der Waals surface area contributed by atoms with Gasteiger partial charge in [0.25, 0.3) is 0 Å². The van der Waals surface area contributed by atoms with Gasteiger partial charge in [-0.1, -0.05) is 0 Å². The molecule has 8 rings (SSSR count). The van der Waals surface area contributed by atoms with E-state index in [9.17, 15) is 9.59 Å². The van der Waals surface area contributed by atoms with Crippen LogP contribution in [0.2, 0.25) is 0 Å². The lowest BCUT2D eigenvalue weighted by atomic mass is 9.48. The normalized spacial score (nSPS) is 38.5. The Morgan fingerprint density at radius 2 is 1.71 bits per heavy atom. The Morgan fingerprint density at radius 1 is 1.00 bits per heavy atom. The number of nitrogens with zero attached hydrogens (tertiary/aromatic N) is 3. The van der Waals surface area contributed by atoms with Crippen LogP contribution in [0.4, 0.5) is 11.8 Å². The summed E-state index contributed by atoms with van der Waals surface area (Å²) in [4.78, 5) is 38.2. The third kappa shape index (κ3) is 3.49. The van der Waals surface area contributed by atoms with E-state index >= 15 is 0 Å². The van der Waals surface area contributed by atoms with Crippen LogP contribution in [0.1, 0.15) is 69.8 Å². The van der Waals surface area contributed by atoms with Crippen LogP contribution in [-0.4, -0.2) is 65.2 Å². The van der Waals surface area contributed by atoms with Crippen molar-refractivity contribution in [2.45, 2.75) is 94.3 Å². The minimum atomic E-state index is -0.976. The van der Waals surface area contributed by atoms with Crippen LogP contribution in [0.3, 0.4) is 0 Å². The molecule has 2 bridgehead atoms. The topological polar surface area (TPSA) is 108 Å². The second-order valence-electron chi connectivity index (χ2n) is 11.9. The van der Waals surface area contributed by atoms with Crippen molar-refractivity contribution in [1.29, 1.82) is 0 Å². The van der Waals surface area contributed by atoms with Crippen molar-refractivity contribution in [3.63, 3.8) is 0 Å². The number of rotatable bonds is 5. The maximum Gasteiger partial charge on any atom is 0.244 e. The van der Waals surface area contributed by atoms with Gasteiger partial charge in [0.1, 0.15) is 11.2 Å². The van der Waals surface area contributed by atoms with E-state index in [1.807, 2.05) is 11.1 Å². The number of nitrogens with one attached hydrogen (secondary N) is 3. The molecular weight excluding hydrogens is 444 g/mol. The van der Waals surface area contributed by atoms with Gasteiger partial charge in [-0.15, -0.1) is 0 Å². The first-order chi connectivity index (χ1) is 17.0. The summed E-state index contributed by atoms with van der Waals surface area (Å²) in [5.41, 5.74) is -0.177. The zero-order chi connectivity index (χ0) is 23.6. The summed E-state index contributed by atoms with van der Waals surface area (Å²) in [5.74, 6) is 1.91. The van der Waals surface area contributed by atoms with E-state index in [0.717, 1.165) is 88.3 Å². The van der Waals surface area contributed by atoms with Gasteiger partial charge in [-0.25, -0.2) is 4.98 Å². The predicted molar refractivity (Wildman–Crippen MR) is 130 cm³/mol. The molecule has 188 valence electrons. The first-order valence-corrected chi connectivity index (χ1v) is 13.6. The monoisotopic (exact) mass is 480 g/mol. The van der Waals surface area contributed by atoms with Crippen molar-refractivity contribution in [2.75, 3.05) is 30.0 Å². The standard InChI is InChI=1S/C26H36N6O3/c33-22-26(7-8-27-22)14-17-15-28-24(31-21(17)32(23(26)34)25-11-16(12-25)13-25)30-19-3-1-18(2-4-19)29-20-5-9-35-10-6-20/h15-16,18-20,29H,1-14H2,(H,27,33)(H,28,30,31)/t16?,18?,19?,25?,26-/m1/s1. The molecule has 7 aliphatic rings. The molecule has 3 N–H and O–H groups in total. The summed E-state index contributed by atoms with van der Waals surface area (Å²) >= 11 is 0. The number of carbonyl (C=O) groups excluding carboxylic acids is 2. The smallest absolute Gasteiger partial charge is 0.244 e. The number of carbonyl (C=O) groups is 2. The molecule has 6 fully saturated rings. The van der Waals surface area contributed by atoms with Crippen molar-refractivity contribution in [1.82, 2.24) is 20.6 Å². The van der Waals surface area contributed by atoms with Crippen LogP contribution in [0, 0.1) is 11.3 Å². The van der Waals surface area contributed by atoms with E-state index in [0.29, 0.717) is 43.5 Å². The minimum Gasteiger partial charge on any atom is -0.381 e. The Balaban J connectivity index is 1.07. The molecule has 0 radical (unpaired) electrons. The molecule has 1 aromatic heterocycles. The molecule has 9 heteroatoms. The Labute approximate surface area is 206 Å². The van der Waals surface area contributed by atoms with Gasteiger partial charge in [0.15, 0.2) is 0 Å².